The van der Waals surface area contributed by atoms with Gasteiger partial charge in [-0.15, -0.1) is 0 Å². The van der Waals surface area contributed by atoms with Crippen LogP contribution in [0.5, 0.6) is 0 Å². The Hall–Kier alpha value is -1.55. The van der Waals surface area contributed by atoms with Crippen LogP contribution in [0.3, 0.4) is 0 Å². The lowest BCUT2D eigenvalue weighted by atomic mass is 9.94. The molecule has 3 N–H and O–H groups in total. The molecule has 1 aromatic rings. The van der Waals surface area contributed by atoms with Crippen LogP contribution in [0, 0.1) is 5.92 Å². The Morgan fingerprint density at radius 1 is 1.37 bits per heavy atom. The number of carbonyl (C=O) groups excluding carboxylic acids is 1. The average Bonchev–Trinajstić information content (AvgIpc) is 2.41. The highest BCUT2D eigenvalue weighted by atomic mass is 16.2. The fourth-order valence-corrected chi connectivity index (χ4v) is 2.71. The zero-order valence-corrected chi connectivity index (χ0v) is 11.9. The highest BCUT2D eigenvalue weighted by Crippen LogP contribution is 2.33. The van der Waals surface area contributed by atoms with E-state index in [0.29, 0.717) is 18.9 Å². The standard InChI is InChI=1S/C15H23N3O/c1-10(2)14(9-16)18-13-6-5-12(17-3)8-11(13)4-7-15(18)19/h5-6,8,10,14,17H,4,7,9,16H2,1-3H3. The SMILES string of the molecule is CNc1ccc2c(c1)CCC(=O)N2C(CN)C(C)C. The maximum absolute atomic E-state index is 12.3. The van der Waals surface area contributed by atoms with E-state index >= 15 is 0 Å². The van der Waals surface area contributed by atoms with Crippen molar-refractivity contribution in [2.24, 2.45) is 11.7 Å². The molecule has 1 aliphatic heterocycles. The summed E-state index contributed by atoms with van der Waals surface area (Å²) in [5.74, 6) is 0.540. The average molecular weight is 261 g/mol. The van der Waals surface area contributed by atoms with Gasteiger partial charge < -0.3 is 16.0 Å². The van der Waals surface area contributed by atoms with Gasteiger partial charge in [0.25, 0.3) is 0 Å². The predicted molar refractivity (Wildman–Crippen MR) is 79.5 cm³/mol. The van der Waals surface area contributed by atoms with Crippen molar-refractivity contribution >= 4 is 17.3 Å². The molecule has 1 aliphatic rings. The minimum absolute atomic E-state index is 0.0759. The zero-order valence-electron chi connectivity index (χ0n) is 11.9. The van der Waals surface area contributed by atoms with Crippen LogP contribution in [0.15, 0.2) is 18.2 Å². The number of benzene rings is 1. The van der Waals surface area contributed by atoms with E-state index in [0.717, 1.165) is 17.8 Å². The maximum Gasteiger partial charge on any atom is 0.227 e. The van der Waals surface area contributed by atoms with E-state index in [2.05, 4.69) is 25.2 Å². The van der Waals surface area contributed by atoms with Gasteiger partial charge in [-0.05, 0) is 36.1 Å². The van der Waals surface area contributed by atoms with Crippen molar-refractivity contribution < 1.29 is 4.79 Å². The van der Waals surface area contributed by atoms with Gasteiger partial charge in [-0.3, -0.25) is 4.79 Å². The van der Waals surface area contributed by atoms with Gasteiger partial charge in [-0.25, -0.2) is 0 Å². The number of aryl methyl sites for hydroxylation is 1. The zero-order chi connectivity index (χ0) is 14.0. The lowest BCUT2D eigenvalue weighted by Gasteiger charge is -2.38. The second kappa shape index (κ2) is 5.61. The molecule has 4 heteroatoms. The van der Waals surface area contributed by atoms with E-state index in [4.69, 9.17) is 5.73 Å². The third kappa shape index (κ3) is 2.59. The molecule has 1 aromatic carbocycles. The fraction of sp³-hybridized carbons (Fsp3) is 0.533. The number of hydrogen-bond donors (Lipinski definition) is 2. The summed E-state index contributed by atoms with van der Waals surface area (Å²) in [4.78, 5) is 14.2. The summed E-state index contributed by atoms with van der Waals surface area (Å²) in [6.07, 6.45) is 1.39. The number of hydrogen-bond acceptors (Lipinski definition) is 3. The van der Waals surface area contributed by atoms with Gasteiger partial charge in [0, 0.05) is 31.4 Å². The molecule has 4 nitrogen and oxygen atoms in total. The van der Waals surface area contributed by atoms with Crippen molar-refractivity contribution in [2.75, 3.05) is 23.8 Å². The second-order valence-corrected chi connectivity index (χ2v) is 5.40. The summed E-state index contributed by atoms with van der Waals surface area (Å²) in [5, 5.41) is 3.14. The second-order valence-electron chi connectivity index (χ2n) is 5.40. The van der Waals surface area contributed by atoms with Gasteiger partial charge in [0.05, 0.1) is 6.04 Å². The van der Waals surface area contributed by atoms with Crippen molar-refractivity contribution in [3.8, 4) is 0 Å². The van der Waals surface area contributed by atoms with Crippen LogP contribution in [-0.4, -0.2) is 25.5 Å². The highest BCUT2D eigenvalue weighted by molar-refractivity contribution is 5.97. The van der Waals surface area contributed by atoms with Crippen molar-refractivity contribution in [3.05, 3.63) is 23.8 Å². The topological polar surface area (TPSA) is 58.4 Å². The molecule has 0 spiro atoms. The minimum Gasteiger partial charge on any atom is -0.388 e. The van der Waals surface area contributed by atoms with Crippen LogP contribution in [0.2, 0.25) is 0 Å². The number of rotatable bonds is 4. The van der Waals surface area contributed by atoms with E-state index in [1.54, 1.807) is 0 Å². The van der Waals surface area contributed by atoms with Gasteiger partial charge in [-0.1, -0.05) is 13.8 Å². The summed E-state index contributed by atoms with van der Waals surface area (Å²) in [7, 11) is 1.91. The van der Waals surface area contributed by atoms with E-state index in [1.807, 2.05) is 24.1 Å². The van der Waals surface area contributed by atoms with Gasteiger partial charge in [0.2, 0.25) is 5.91 Å². The van der Waals surface area contributed by atoms with E-state index in [1.165, 1.54) is 5.56 Å². The van der Waals surface area contributed by atoms with Crippen molar-refractivity contribution in [1.82, 2.24) is 0 Å². The number of nitrogens with two attached hydrogens (primary N) is 1. The molecule has 0 bridgehead atoms. The third-order valence-corrected chi connectivity index (χ3v) is 3.85. The minimum atomic E-state index is 0.0759. The highest BCUT2D eigenvalue weighted by Gasteiger charge is 2.31. The van der Waals surface area contributed by atoms with Crippen LogP contribution < -0.4 is 16.0 Å². The number of carbonyl (C=O) groups is 1. The first kappa shape index (κ1) is 13.9. The van der Waals surface area contributed by atoms with Crippen LogP contribution in [-0.2, 0) is 11.2 Å². The van der Waals surface area contributed by atoms with Gasteiger partial charge in [-0.2, -0.15) is 0 Å². The fourth-order valence-electron chi connectivity index (χ4n) is 2.71. The van der Waals surface area contributed by atoms with E-state index < -0.39 is 0 Å². The summed E-state index contributed by atoms with van der Waals surface area (Å²) in [5.41, 5.74) is 9.21. The van der Waals surface area contributed by atoms with Crippen molar-refractivity contribution in [3.63, 3.8) is 0 Å². The molecule has 0 fully saturated rings. The van der Waals surface area contributed by atoms with Crippen molar-refractivity contribution in [2.45, 2.75) is 32.7 Å². The molecule has 1 unspecified atom stereocenters. The van der Waals surface area contributed by atoms with Crippen LogP contribution in [0.25, 0.3) is 0 Å². The summed E-state index contributed by atoms with van der Waals surface area (Å²) < 4.78 is 0. The monoisotopic (exact) mass is 261 g/mol. The maximum atomic E-state index is 12.3. The molecule has 2 rings (SSSR count). The van der Waals surface area contributed by atoms with Crippen LogP contribution >= 0.6 is 0 Å². The number of fused-ring (bicyclic) bond motifs is 1. The molecule has 0 aliphatic carbocycles. The first-order valence-corrected chi connectivity index (χ1v) is 6.91. The summed E-state index contributed by atoms with van der Waals surface area (Å²) in [6.45, 7) is 4.72. The molecular formula is C15H23N3O. The lowest BCUT2D eigenvalue weighted by molar-refractivity contribution is -0.119. The summed E-state index contributed by atoms with van der Waals surface area (Å²) >= 11 is 0. The molecule has 1 heterocycles. The number of nitrogens with zero attached hydrogens (tertiary/aromatic N) is 1. The van der Waals surface area contributed by atoms with Gasteiger partial charge >= 0.3 is 0 Å². The molecule has 0 aromatic heterocycles. The van der Waals surface area contributed by atoms with Crippen LogP contribution in [0.4, 0.5) is 11.4 Å². The molecule has 1 atom stereocenters. The Balaban J connectivity index is 2.43. The Kier molecular flexibility index (Phi) is 4.10. The number of amides is 1. The number of nitrogens with one attached hydrogen (secondary N) is 1. The molecule has 1 amide bonds. The normalized spacial score (nSPS) is 16.5. The quantitative estimate of drug-likeness (QED) is 0.871. The first-order chi connectivity index (χ1) is 9.08. The first-order valence-electron chi connectivity index (χ1n) is 6.91. The van der Waals surface area contributed by atoms with Crippen molar-refractivity contribution in [1.29, 1.82) is 0 Å². The molecule has 0 saturated carbocycles. The van der Waals surface area contributed by atoms with E-state index in [9.17, 15) is 4.79 Å². The molecule has 0 radical (unpaired) electrons. The lowest BCUT2D eigenvalue weighted by Crippen LogP contribution is -2.49. The van der Waals surface area contributed by atoms with Crippen LogP contribution in [0.1, 0.15) is 25.8 Å². The molecule has 0 saturated heterocycles. The molecule has 19 heavy (non-hydrogen) atoms. The van der Waals surface area contributed by atoms with E-state index in [-0.39, 0.29) is 11.9 Å². The smallest absolute Gasteiger partial charge is 0.227 e. The Bertz CT molecular complexity index is 470. The predicted octanol–water partition coefficient (Wildman–Crippen LogP) is 1.99. The molecular weight excluding hydrogens is 238 g/mol. The largest absolute Gasteiger partial charge is 0.388 e. The Morgan fingerprint density at radius 2 is 2.11 bits per heavy atom. The van der Waals surface area contributed by atoms with Gasteiger partial charge in [0.1, 0.15) is 0 Å². The summed E-state index contributed by atoms with van der Waals surface area (Å²) in [6, 6.07) is 6.25. The third-order valence-electron chi connectivity index (χ3n) is 3.85. The number of anilines is 2. The Labute approximate surface area is 115 Å². The Morgan fingerprint density at radius 3 is 2.68 bits per heavy atom. The molecule has 104 valence electrons. The van der Waals surface area contributed by atoms with Gasteiger partial charge in [0.15, 0.2) is 0 Å².